The zero-order chi connectivity index (χ0) is 14.6. The molecule has 0 aromatic heterocycles. The monoisotopic (exact) mass is 291 g/mol. The zero-order valence-corrected chi connectivity index (χ0v) is 12.1. The van der Waals surface area contributed by atoms with E-state index in [2.05, 4.69) is 0 Å². The number of aliphatic hydroxyl groups is 1. The molecule has 0 aliphatic carbocycles. The van der Waals surface area contributed by atoms with Gasteiger partial charge in [0.05, 0.1) is 7.11 Å². The van der Waals surface area contributed by atoms with Crippen molar-refractivity contribution in [2.24, 2.45) is 5.73 Å². The Labute approximate surface area is 123 Å². The van der Waals surface area contributed by atoms with Crippen LogP contribution in [0.5, 0.6) is 5.75 Å². The second-order valence-electron chi connectivity index (χ2n) is 4.73. The van der Waals surface area contributed by atoms with Crippen molar-refractivity contribution in [3.63, 3.8) is 0 Å². The van der Waals surface area contributed by atoms with Crippen LogP contribution in [0.2, 0.25) is 5.02 Å². The van der Waals surface area contributed by atoms with Gasteiger partial charge in [0.1, 0.15) is 11.4 Å². The minimum atomic E-state index is -1.14. The number of halogens is 1. The van der Waals surface area contributed by atoms with Gasteiger partial charge in [0.25, 0.3) is 0 Å². The number of ether oxygens (including phenoxy) is 1. The van der Waals surface area contributed by atoms with Gasteiger partial charge >= 0.3 is 0 Å². The second-order valence-corrected chi connectivity index (χ2v) is 5.17. The number of hydrogen-bond donors (Lipinski definition) is 2. The lowest BCUT2D eigenvalue weighted by atomic mass is 9.87. The Morgan fingerprint density at radius 2 is 1.90 bits per heavy atom. The van der Waals surface area contributed by atoms with Crippen molar-refractivity contribution >= 4 is 11.6 Å². The summed E-state index contributed by atoms with van der Waals surface area (Å²) in [6.07, 6.45) is 0.344. The summed E-state index contributed by atoms with van der Waals surface area (Å²) in [4.78, 5) is 0. The van der Waals surface area contributed by atoms with E-state index in [1.54, 1.807) is 25.3 Å². The molecule has 0 fully saturated rings. The molecule has 3 nitrogen and oxygen atoms in total. The third kappa shape index (κ3) is 3.12. The molecule has 3 N–H and O–H groups in total. The van der Waals surface area contributed by atoms with Crippen LogP contribution in [0, 0.1) is 0 Å². The first-order valence-corrected chi connectivity index (χ1v) is 6.77. The lowest BCUT2D eigenvalue weighted by molar-refractivity contribution is 0.0457. The summed E-state index contributed by atoms with van der Waals surface area (Å²) >= 11 is 6.02. The molecule has 0 amide bonds. The molecule has 0 saturated carbocycles. The number of hydrogen-bond acceptors (Lipinski definition) is 3. The highest BCUT2D eigenvalue weighted by Crippen LogP contribution is 2.31. The lowest BCUT2D eigenvalue weighted by Gasteiger charge is -2.28. The maximum absolute atomic E-state index is 10.8. The summed E-state index contributed by atoms with van der Waals surface area (Å²) in [5.41, 5.74) is 6.27. The van der Waals surface area contributed by atoms with Crippen LogP contribution < -0.4 is 10.5 Å². The molecule has 1 atom stereocenters. The van der Waals surface area contributed by atoms with E-state index in [1.165, 1.54) is 0 Å². The maximum Gasteiger partial charge on any atom is 0.122 e. The fourth-order valence-electron chi connectivity index (χ4n) is 2.24. The summed E-state index contributed by atoms with van der Waals surface area (Å²) in [5.74, 6) is 0.692. The smallest absolute Gasteiger partial charge is 0.122 e. The van der Waals surface area contributed by atoms with E-state index < -0.39 is 5.60 Å². The third-order valence-electron chi connectivity index (χ3n) is 3.37. The van der Waals surface area contributed by atoms with E-state index in [9.17, 15) is 5.11 Å². The molecule has 2 aromatic carbocycles. The van der Waals surface area contributed by atoms with Crippen molar-refractivity contribution in [2.75, 3.05) is 13.7 Å². The van der Waals surface area contributed by atoms with Crippen molar-refractivity contribution in [3.05, 3.63) is 64.7 Å². The Morgan fingerprint density at radius 1 is 1.20 bits per heavy atom. The topological polar surface area (TPSA) is 55.5 Å². The summed E-state index contributed by atoms with van der Waals surface area (Å²) in [7, 11) is 1.59. The van der Waals surface area contributed by atoms with E-state index in [0.717, 1.165) is 11.1 Å². The normalized spacial score (nSPS) is 13.8. The Hall–Kier alpha value is -1.55. The highest BCUT2D eigenvalue weighted by atomic mass is 35.5. The second kappa shape index (κ2) is 6.27. The quantitative estimate of drug-likeness (QED) is 0.890. The number of nitrogens with two attached hydrogens (primary N) is 1. The summed E-state index contributed by atoms with van der Waals surface area (Å²) in [6, 6.07) is 14.7. The first kappa shape index (κ1) is 14.9. The van der Waals surface area contributed by atoms with Gasteiger partial charge in [-0.25, -0.2) is 0 Å². The van der Waals surface area contributed by atoms with Gasteiger partial charge in [-0.1, -0.05) is 41.9 Å². The molecule has 2 aromatic rings. The molecule has 0 bridgehead atoms. The number of methoxy groups -OCH3 is 1. The van der Waals surface area contributed by atoms with Crippen LogP contribution in [0.25, 0.3) is 0 Å². The number of benzene rings is 2. The Bertz CT molecular complexity index is 574. The largest absolute Gasteiger partial charge is 0.496 e. The average molecular weight is 292 g/mol. The molecular weight excluding hydrogens is 274 g/mol. The predicted octanol–water partition coefficient (Wildman–Crippen LogP) is 2.74. The molecule has 0 spiro atoms. The Morgan fingerprint density at radius 3 is 2.50 bits per heavy atom. The molecule has 106 valence electrons. The van der Waals surface area contributed by atoms with Gasteiger partial charge in [0, 0.05) is 18.0 Å². The Kier molecular flexibility index (Phi) is 4.65. The van der Waals surface area contributed by atoms with E-state index in [-0.39, 0.29) is 6.54 Å². The molecule has 0 radical (unpaired) electrons. The molecule has 1 unspecified atom stereocenters. The van der Waals surface area contributed by atoms with Crippen molar-refractivity contribution in [1.29, 1.82) is 0 Å². The van der Waals surface area contributed by atoms with Gasteiger partial charge in [-0.3, -0.25) is 0 Å². The highest BCUT2D eigenvalue weighted by molar-refractivity contribution is 6.30. The molecule has 0 saturated heterocycles. The van der Waals surface area contributed by atoms with Gasteiger partial charge in [0.2, 0.25) is 0 Å². The van der Waals surface area contributed by atoms with Crippen LogP contribution in [0.1, 0.15) is 11.1 Å². The fraction of sp³-hybridized carbons (Fsp3) is 0.250. The summed E-state index contributed by atoms with van der Waals surface area (Å²) in [6.45, 7) is 0.118. The van der Waals surface area contributed by atoms with E-state index in [1.807, 2.05) is 30.3 Å². The van der Waals surface area contributed by atoms with Crippen LogP contribution in [0.3, 0.4) is 0 Å². The first-order valence-electron chi connectivity index (χ1n) is 6.39. The number of rotatable bonds is 5. The van der Waals surface area contributed by atoms with Gasteiger partial charge < -0.3 is 15.6 Å². The van der Waals surface area contributed by atoms with Crippen molar-refractivity contribution < 1.29 is 9.84 Å². The van der Waals surface area contributed by atoms with Crippen molar-refractivity contribution in [2.45, 2.75) is 12.0 Å². The van der Waals surface area contributed by atoms with Crippen molar-refractivity contribution in [3.8, 4) is 5.75 Å². The Balaban J connectivity index is 2.38. The first-order chi connectivity index (χ1) is 9.59. The third-order valence-corrected chi connectivity index (χ3v) is 3.61. The van der Waals surface area contributed by atoms with Crippen molar-refractivity contribution in [1.82, 2.24) is 0 Å². The molecule has 2 rings (SSSR count). The fourth-order valence-corrected chi connectivity index (χ4v) is 2.44. The highest BCUT2D eigenvalue weighted by Gasteiger charge is 2.29. The molecule has 0 aliphatic heterocycles. The van der Waals surface area contributed by atoms with Crippen LogP contribution in [-0.2, 0) is 12.0 Å². The summed E-state index contributed by atoms with van der Waals surface area (Å²) < 4.78 is 5.32. The summed E-state index contributed by atoms with van der Waals surface area (Å²) in [5, 5.41) is 11.4. The van der Waals surface area contributed by atoms with Crippen LogP contribution in [0.15, 0.2) is 48.5 Å². The molecular formula is C16H18ClNO2. The molecule has 0 aliphatic rings. The molecule has 4 heteroatoms. The van der Waals surface area contributed by atoms with E-state index in [4.69, 9.17) is 22.1 Å². The standard InChI is InChI=1S/C16H18ClNO2/c1-20-15-8-7-14(17)9-12(15)10-16(19,11-18)13-5-3-2-4-6-13/h2-9,19H,10-11,18H2,1H3. The minimum Gasteiger partial charge on any atom is -0.496 e. The van der Waals surface area contributed by atoms with Gasteiger partial charge in [-0.15, -0.1) is 0 Å². The molecule has 0 heterocycles. The van der Waals surface area contributed by atoms with Gasteiger partial charge in [-0.05, 0) is 29.3 Å². The van der Waals surface area contributed by atoms with E-state index in [0.29, 0.717) is 17.2 Å². The maximum atomic E-state index is 10.8. The molecule has 20 heavy (non-hydrogen) atoms. The van der Waals surface area contributed by atoms with Crippen LogP contribution >= 0.6 is 11.6 Å². The van der Waals surface area contributed by atoms with Crippen LogP contribution in [0.4, 0.5) is 0 Å². The minimum absolute atomic E-state index is 0.118. The van der Waals surface area contributed by atoms with E-state index >= 15 is 0 Å². The average Bonchev–Trinajstić information content (AvgIpc) is 2.48. The predicted molar refractivity (Wildman–Crippen MR) is 81.1 cm³/mol. The van der Waals surface area contributed by atoms with Crippen LogP contribution in [-0.4, -0.2) is 18.8 Å². The SMILES string of the molecule is COc1ccc(Cl)cc1CC(O)(CN)c1ccccc1. The zero-order valence-electron chi connectivity index (χ0n) is 11.3. The van der Waals surface area contributed by atoms with Gasteiger partial charge in [-0.2, -0.15) is 0 Å². The van der Waals surface area contributed by atoms with Gasteiger partial charge in [0.15, 0.2) is 0 Å². The lowest BCUT2D eigenvalue weighted by Crippen LogP contribution is -2.37.